The number of ether oxygens (including phenoxy) is 2. The third-order valence-electron chi connectivity index (χ3n) is 0.744. The molecule has 0 aromatic heterocycles. The van der Waals surface area contributed by atoms with Crippen LogP contribution in [0.4, 0.5) is 0 Å². The van der Waals surface area contributed by atoms with Crippen LogP contribution in [0.25, 0.3) is 0 Å². The number of rotatable bonds is 0. The molecular formula is C4H8Cl2O2Sn. The summed E-state index contributed by atoms with van der Waals surface area (Å²) in [5.74, 6) is 0. The van der Waals surface area contributed by atoms with Gasteiger partial charge in [0.05, 0.1) is 26.4 Å². The van der Waals surface area contributed by atoms with E-state index < -0.39 is 18.9 Å². The summed E-state index contributed by atoms with van der Waals surface area (Å²) in [7, 11) is 9.87. The summed E-state index contributed by atoms with van der Waals surface area (Å²) in [5.41, 5.74) is 0. The molecule has 0 atom stereocenters. The zero-order valence-electron chi connectivity index (χ0n) is 4.90. The van der Waals surface area contributed by atoms with Crippen molar-refractivity contribution in [1.29, 1.82) is 0 Å². The van der Waals surface area contributed by atoms with E-state index in [-0.39, 0.29) is 0 Å². The topological polar surface area (TPSA) is 18.5 Å². The van der Waals surface area contributed by atoms with Gasteiger partial charge in [0, 0.05) is 0 Å². The third-order valence-corrected chi connectivity index (χ3v) is 0.744. The number of halogens is 2. The van der Waals surface area contributed by atoms with Crippen molar-refractivity contribution in [1.82, 2.24) is 0 Å². The van der Waals surface area contributed by atoms with Crippen molar-refractivity contribution in [2.45, 2.75) is 0 Å². The van der Waals surface area contributed by atoms with Gasteiger partial charge in [0.15, 0.2) is 0 Å². The molecule has 1 heterocycles. The van der Waals surface area contributed by atoms with Crippen molar-refractivity contribution < 1.29 is 9.47 Å². The van der Waals surface area contributed by atoms with Gasteiger partial charge < -0.3 is 9.47 Å². The molecule has 0 spiro atoms. The molecule has 0 N–H and O–H groups in total. The normalized spacial score (nSPS) is 18.0. The van der Waals surface area contributed by atoms with E-state index in [1.54, 1.807) is 0 Å². The van der Waals surface area contributed by atoms with Gasteiger partial charge >= 0.3 is 36.7 Å². The Morgan fingerprint density at radius 3 is 1.22 bits per heavy atom. The molecule has 0 bridgehead atoms. The maximum atomic E-state index is 4.94. The molecule has 1 saturated heterocycles. The summed E-state index contributed by atoms with van der Waals surface area (Å²) < 4.78 is 9.89. The molecule has 0 saturated carbocycles. The van der Waals surface area contributed by atoms with Crippen LogP contribution in [0.15, 0.2) is 0 Å². The van der Waals surface area contributed by atoms with Gasteiger partial charge in [0.2, 0.25) is 0 Å². The average Bonchev–Trinajstić information content (AvgIpc) is 1.93. The molecule has 0 aromatic carbocycles. The molecule has 2 radical (unpaired) electrons. The average molecular weight is 278 g/mol. The van der Waals surface area contributed by atoms with Gasteiger partial charge in [-0.15, -0.1) is 0 Å². The molecule has 54 valence electrons. The predicted octanol–water partition coefficient (Wildman–Crippen LogP) is 1.03. The monoisotopic (exact) mass is 278 g/mol. The first-order valence-corrected chi connectivity index (χ1v) is 9.76. The minimum absolute atomic E-state index is 0.778. The molecule has 5 heteroatoms. The van der Waals surface area contributed by atoms with Crippen LogP contribution >= 0.6 is 17.8 Å². The SMILES string of the molecule is C1COCCO1.[Cl][Sn][Cl]. The van der Waals surface area contributed by atoms with Crippen LogP contribution in [0.2, 0.25) is 0 Å². The Labute approximate surface area is 72.4 Å². The van der Waals surface area contributed by atoms with Crippen LogP contribution in [0, 0.1) is 0 Å². The van der Waals surface area contributed by atoms with Gasteiger partial charge in [0.1, 0.15) is 0 Å². The molecule has 1 rings (SSSR count). The third kappa shape index (κ3) is 9.30. The fraction of sp³-hybridized carbons (Fsp3) is 1.00. The Bertz CT molecular complexity index is 40.3. The fourth-order valence-corrected chi connectivity index (χ4v) is 0.440. The molecule has 0 unspecified atom stereocenters. The zero-order valence-corrected chi connectivity index (χ0v) is 9.27. The van der Waals surface area contributed by atoms with E-state index in [1.807, 2.05) is 0 Å². The van der Waals surface area contributed by atoms with E-state index >= 15 is 0 Å². The van der Waals surface area contributed by atoms with Crippen molar-refractivity contribution >= 4 is 36.7 Å². The molecule has 9 heavy (non-hydrogen) atoms. The second-order valence-corrected chi connectivity index (χ2v) is 5.54. The van der Waals surface area contributed by atoms with Crippen LogP contribution in [0.5, 0.6) is 0 Å². The molecule has 1 aliphatic heterocycles. The second-order valence-electron chi connectivity index (χ2n) is 1.30. The van der Waals surface area contributed by atoms with E-state index in [0.29, 0.717) is 0 Å². The van der Waals surface area contributed by atoms with Crippen LogP contribution in [-0.2, 0) is 9.47 Å². The summed E-state index contributed by atoms with van der Waals surface area (Å²) in [6.45, 7) is 3.11. The van der Waals surface area contributed by atoms with Gasteiger partial charge in [-0.1, -0.05) is 0 Å². The summed E-state index contributed by atoms with van der Waals surface area (Å²) >= 11 is -0.826. The number of hydrogen-bond acceptors (Lipinski definition) is 2. The summed E-state index contributed by atoms with van der Waals surface area (Å²) in [5, 5.41) is 0. The quantitative estimate of drug-likeness (QED) is 0.616. The molecule has 0 amide bonds. The van der Waals surface area contributed by atoms with E-state index in [0.717, 1.165) is 26.4 Å². The van der Waals surface area contributed by atoms with Gasteiger partial charge in [-0.25, -0.2) is 0 Å². The Kier molecular flexibility index (Phi) is 10.6. The van der Waals surface area contributed by atoms with E-state index in [1.165, 1.54) is 0 Å². The zero-order chi connectivity index (χ0) is 6.95. The van der Waals surface area contributed by atoms with Crippen molar-refractivity contribution in [3.63, 3.8) is 0 Å². The second kappa shape index (κ2) is 9.30. The van der Waals surface area contributed by atoms with Gasteiger partial charge in [-0.05, 0) is 0 Å². The first-order valence-electron chi connectivity index (χ1n) is 2.53. The van der Waals surface area contributed by atoms with E-state index in [2.05, 4.69) is 0 Å². The summed E-state index contributed by atoms with van der Waals surface area (Å²) in [6, 6.07) is 0. The Balaban J connectivity index is 0.000000187. The molecule has 0 aromatic rings. The van der Waals surface area contributed by atoms with Crippen molar-refractivity contribution in [2.75, 3.05) is 26.4 Å². The van der Waals surface area contributed by atoms with Crippen molar-refractivity contribution in [3.05, 3.63) is 0 Å². The van der Waals surface area contributed by atoms with Gasteiger partial charge in [-0.2, -0.15) is 0 Å². The first kappa shape index (κ1) is 10.3. The minimum atomic E-state index is -0.826. The van der Waals surface area contributed by atoms with Crippen LogP contribution in [-0.4, -0.2) is 45.3 Å². The Morgan fingerprint density at radius 1 is 0.889 bits per heavy atom. The van der Waals surface area contributed by atoms with Crippen LogP contribution < -0.4 is 0 Å². The van der Waals surface area contributed by atoms with Crippen molar-refractivity contribution in [3.8, 4) is 0 Å². The molecule has 1 fully saturated rings. The Morgan fingerprint density at radius 2 is 1.11 bits per heavy atom. The molecule has 2 nitrogen and oxygen atoms in total. The van der Waals surface area contributed by atoms with E-state index in [9.17, 15) is 0 Å². The summed E-state index contributed by atoms with van der Waals surface area (Å²) in [4.78, 5) is 0. The van der Waals surface area contributed by atoms with Gasteiger partial charge in [-0.3, -0.25) is 0 Å². The maximum absolute atomic E-state index is 4.94. The van der Waals surface area contributed by atoms with Crippen LogP contribution in [0.3, 0.4) is 0 Å². The first-order chi connectivity index (χ1) is 4.41. The Hall–Kier alpha value is 1.30. The molecular weight excluding hydrogens is 270 g/mol. The van der Waals surface area contributed by atoms with Gasteiger partial charge in [0.25, 0.3) is 0 Å². The number of hydrogen-bond donors (Lipinski definition) is 0. The molecule has 1 aliphatic rings. The molecule has 0 aliphatic carbocycles. The van der Waals surface area contributed by atoms with E-state index in [4.69, 9.17) is 27.3 Å². The fourth-order valence-electron chi connectivity index (χ4n) is 0.440. The summed E-state index contributed by atoms with van der Waals surface area (Å²) in [6.07, 6.45) is 0. The predicted molar refractivity (Wildman–Crippen MR) is 39.1 cm³/mol. The van der Waals surface area contributed by atoms with Crippen molar-refractivity contribution in [2.24, 2.45) is 0 Å². The van der Waals surface area contributed by atoms with Crippen LogP contribution in [0.1, 0.15) is 0 Å². The standard InChI is InChI=1S/C4H8O2.2ClH.Sn/c1-2-6-4-3-5-1;;;/h1-4H2;2*1H;/q;;;+2/p-2.